The second kappa shape index (κ2) is 6.39. The number of carbonyl (C=O) groups is 1. The van der Waals surface area contributed by atoms with E-state index >= 15 is 0 Å². The van der Waals surface area contributed by atoms with Gasteiger partial charge in [0.15, 0.2) is 0 Å². The van der Waals surface area contributed by atoms with Crippen LogP contribution in [0.1, 0.15) is 17.3 Å². The van der Waals surface area contributed by atoms with Gasteiger partial charge in [-0.15, -0.1) is 0 Å². The van der Waals surface area contributed by atoms with Crippen molar-refractivity contribution in [1.82, 2.24) is 4.90 Å². The summed E-state index contributed by atoms with van der Waals surface area (Å²) >= 11 is 3.55. The molecule has 0 unspecified atom stereocenters. The molecule has 1 saturated heterocycles. The number of halogens is 1. The fourth-order valence-corrected chi connectivity index (χ4v) is 2.78. The Kier molecular flexibility index (Phi) is 4.82. The molecule has 1 aromatic rings. The van der Waals surface area contributed by atoms with Crippen LogP contribution in [0.4, 0.5) is 5.69 Å². The largest absolute Gasteiger partial charge is 0.462 e. The van der Waals surface area contributed by atoms with Crippen molar-refractivity contribution in [2.75, 3.05) is 44.7 Å². The molecule has 1 fully saturated rings. The summed E-state index contributed by atoms with van der Waals surface area (Å²) in [5.74, 6) is -0.270. The lowest BCUT2D eigenvalue weighted by atomic mass is 10.2. The minimum atomic E-state index is -0.270. The van der Waals surface area contributed by atoms with Gasteiger partial charge in [0.1, 0.15) is 0 Å². The van der Waals surface area contributed by atoms with Gasteiger partial charge >= 0.3 is 5.97 Å². The number of likely N-dealkylation sites (N-methyl/N-ethyl adjacent to an activating group) is 1. The van der Waals surface area contributed by atoms with E-state index in [1.54, 1.807) is 0 Å². The Balaban J connectivity index is 2.13. The van der Waals surface area contributed by atoms with Crippen LogP contribution in [-0.2, 0) is 4.74 Å². The van der Waals surface area contributed by atoms with Gasteiger partial charge in [-0.25, -0.2) is 4.79 Å². The standard InChI is InChI=1S/C14H19BrN2O2/c1-3-19-14(18)11-4-5-13(12(15)10-11)17-8-6-16(2)7-9-17/h4-5,10H,3,6-9H2,1-2H3. The molecule has 104 valence electrons. The first-order valence-electron chi connectivity index (χ1n) is 6.52. The molecule has 1 aromatic carbocycles. The number of rotatable bonds is 3. The van der Waals surface area contributed by atoms with E-state index in [1.165, 1.54) is 0 Å². The summed E-state index contributed by atoms with van der Waals surface area (Å²) in [7, 11) is 2.14. The second-order valence-electron chi connectivity index (χ2n) is 4.68. The molecule has 0 spiro atoms. The van der Waals surface area contributed by atoms with Crippen molar-refractivity contribution < 1.29 is 9.53 Å². The van der Waals surface area contributed by atoms with E-state index in [1.807, 2.05) is 25.1 Å². The van der Waals surface area contributed by atoms with Crippen molar-refractivity contribution in [3.63, 3.8) is 0 Å². The van der Waals surface area contributed by atoms with E-state index in [0.717, 1.165) is 36.3 Å². The van der Waals surface area contributed by atoms with Crippen LogP contribution < -0.4 is 4.90 Å². The third-order valence-electron chi connectivity index (χ3n) is 3.30. The molecular formula is C14H19BrN2O2. The highest BCUT2D eigenvalue weighted by atomic mass is 79.9. The molecular weight excluding hydrogens is 308 g/mol. The van der Waals surface area contributed by atoms with Crippen molar-refractivity contribution in [2.24, 2.45) is 0 Å². The lowest BCUT2D eigenvalue weighted by molar-refractivity contribution is 0.0526. The summed E-state index contributed by atoms with van der Waals surface area (Å²) in [5, 5.41) is 0. The zero-order valence-corrected chi connectivity index (χ0v) is 12.9. The fraction of sp³-hybridized carbons (Fsp3) is 0.500. The molecule has 0 bridgehead atoms. The molecule has 5 heteroatoms. The summed E-state index contributed by atoms with van der Waals surface area (Å²) in [6, 6.07) is 5.66. The zero-order valence-electron chi connectivity index (χ0n) is 11.4. The Morgan fingerprint density at radius 3 is 2.58 bits per heavy atom. The number of carbonyl (C=O) groups excluding carboxylic acids is 1. The maximum absolute atomic E-state index is 11.7. The average molecular weight is 327 g/mol. The topological polar surface area (TPSA) is 32.8 Å². The first kappa shape index (κ1) is 14.3. The quantitative estimate of drug-likeness (QED) is 0.798. The summed E-state index contributed by atoms with van der Waals surface area (Å²) < 4.78 is 5.95. The zero-order chi connectivity index (χ0) is 13.8. The Labute approximate surface area is 122 Å². The molecule has 1 heterocycles. The van der Waals surface area contributed by atoms with E-state index in [9.17, 15) is 4.79 Å². The van der Waals surface area contributed by atoms with Gasteiger partial charge in [0.25, 0.3) is 0 Å². The predicted octanol–water partition coefficient (Wildman–Crippen LogP) is 2.38. The molecule has 0 atom stereocenters. The van der Waals surface area contributed by atoms with Gasteiger partial charge in [-0.1, -0.05) is 0 Å². The Morgan fingerprint density at radius 1 is 1.32 bits per heavy atom. The lowest BCUT2D eigenvalue weighted by Gasteiger charge is -2.34. The second-order valence-corrected chi connectivity index (χ2v) is 5.53. The monoisotopic (exact) mass is 326 g/mol. The Bertz CT molecular complexity index is 457. The van der Waals surface area contributed by atoms with Crippen LogP contribution in [0.25, 0.3) is 0 Å². The number of piperazine rings is 1. The van der Waals surface area contributed by atoms with Gasteiger partial charge < -0.3 is 14.5 Å². The molecule has 0 aromatic heterocycles. The van der Waals surface area contributed by atoms with Crippen LogP contribution in [0.5, 0.6) is 0 Å². The number of benzene rings is 1. The van der Waals surface area contributed by atoms with Crippen molar-refractivity contribution in [3.05, 3.63) is 28.2 Å². The normalized spacial score (nSPS) is 16.5. The molecule has 0 radical (unpaired) electrons. The van der Waals surface area contributed by atoms with E-state index in [0.29, 0.717) is 12.2 Å². The van der Waals surface area contributed by atoms with Crippen LogP contribution in [0.3, 0.4) is 0 Å². The van der Waals surface area contributed by atoms with Crippen LogP contribution in [0.2, 0.25) is 0 Å². The number of ether oxygens (including phenoxy) is 1. The van der Waals surface area contributed by atoms with Crippen molar-refractivity contribution >= 4 is 27.6 Å². The molecule has 0 amide bonds. The van der Waals surface area contributed by atoms with Gasteiger partial charge in [0.05, 0.1) is 17.9 Å². The van der Waals surface area contributed by atoms with E-state index in [4.69, 9.17) is 4.74 Å². The van der Waals surface area contributed by atoms with Crippen LogP contribution in [0.15, 0.2) is 22.7 Å². The summed E-state index contributed by atoms with van der Waals surface area (Å²) in [4.78, 5) is 16.3. The van der Waals surface area contributed by atoms with Crippen molar-refractivity contribution in [2.45, 2.75) is 6.92 Å². The van der Waals surface area contributed by atoms with Crippen LogP contribution in [-0.4, -0.2) is 50.7 Å². The van der Waals surface area contributed by atoms with E-state index < -0.39 is 0 Å². The summed E-state index contributed by atoms with van der Waals surface area (Å²) in [6.07, 6.45) is 0. The number of hydrogen-bond acceptors (Lipinski definition) is 4. The smallest absolute Gasteiger partial charge is 0.338 e. The highest BCUT2D eigenvalue weighted by Gasteiger charge is 2.17. The van der Waals surface area contributed by atoms with Gasteiger partial charge in [-0.3, -0.25) is 0 Å². The summed E-state index contributed by atoms with van der Waals surface area (Å²) in [5.41, 5.74) is 1.73. The minimum absolute atomic E-state index is 0.270. The van der Waals surface area contributed by atoms with Crippen LogP contribution >= 0.6 is 15.9 Å². The molecule has 0 saturated carbocycles. The third kappa shape index (κ3) is 3.48. The molecule has 1 aliphatic heterocycles. The molecule has 0 N–H and O–H groups in total. The number of hydrogen-bond donors (Lipinski definition) is 0. The first-order valence-corrected chi connectivity index (χ1v) is 7.31. The first-order chi connectivity index (χ1) is 9.11. The third-order valence-corrected chi connectivity index (χ3v) is 3.94. The maximum atomic E-state index is 11.7. The predicted molar refractivity (Wildman–Crippen MR) is 79.8 cm³/mol. The number of esters is 1. The Hall–Kier alpha value is -1.07. The van der Waals surface area contributed by atoms with Crippen LogP contribution in [0, 0.1) is 0 Å². The summed E-state index contributed by atoms with van der Waals surface area (Å²) in [6.45, 7) is 6.35. The van der Waals surface area contributed by atoms with Gasteiger partial charge in [-0.2, -0.15) is 0 Å². The fourth-order valence-electron chi connectivity index (χ4n) is 2.15. The number of nitrogens with zero attached hydrogens (tertiary/aromatic N) is 2. The van der Waals surface area contributed by atoms with Gasteiger partial charge in [0.2, 0.25) is 0 Å². The minimum Gasteiger partial charge on any atom is -0.462 e. The Morgan fingerprint density at radius 2 is 2.00 bits per heavy atom. The highest BCUT2D eigenvalue weighted by molar-refractivity contribution is 9.10. The average Bonchev–Trinajstić information content (AvgIpc) is 2.40. The van der Waals surface area contributed by atoms with Crippen molar-refractivity contribution in [3.8, 4) is 0 Å². The maximum Gasteiger partial charge on any atom is 0.338 e. The molecule has 2 rings (SSSR count). The van der Waals surface area contributed by atoms with Crippen molar-refractivity contribution in [1.29, 1.82) is 0 Å². The van der Waals surface area contributed by atoms with E-state index in [2.05, 4.69) is 32.8 Å². The lowest BCUT2D eigenvalue weighted by Crippen LogP contribution is -2.44. The van der Waals surface area contributed by atoms with Gasteiger partial charge in [-0.05, 0) is 48.1 Å². The highest BCUT2D eigenvalue weighted by Crippen LogP contribution is 2.28. The molecule has 4 nitrogen and oxygen atoms in total. The number of anilines is 1. The molecule has 0 aliphatic carbocycles. The van der Waals surface area contributed by atoms with E-state index in [-0.39, 0.29) is 5.97 Å². The SMILES string of the molecule is CCOC(=O)c1ccc(N2CCN(C)CC2)c(Br)c1. The molecule has 19 heavy (non-hydrogen) atoms. The van der Waals surface area contributed by atoms with Gasteiger partial charge in [0, 0.05) is 30.7 Å². The molecule has 1 aliphatic rings.